The number of amides is 1. The predicted octanol–water partition coefficient (Wildman–Crippen LogP) is 2.87. The summed E-state index contributed by atoms with van der Waals surface area (Å²) in [5.41, 5.74) is 1.29. The SMILES string of the molecule is Cc1ccc(NC(=O)Cn2c(-c3ccc(F)cc3)ncc(C#N)c2=O)cc1. The zero-order valence-electron chi connectivity index (χ0n) is 14.4. The number of carbonyl (C=O) groups excluding carboxylic acids is 1. The van der Waals surface area contributed by atoms with Crippen LogP contribution < -0.4 is 10.9 Å². The summed E-state index contributed by atoms with van der Waals surface area (Å²) in [5.74, 6) is -0.697. The van der Waals surface area contributed by atoms with Gasteiger partial charge < -0.3 is 5.32 Å². The summed E-state index contributed by atoms with van der Waals surface area (Å²) in [7, 11) is 0. The number of hydrogen-bond acceptors (Lipinski definition) is 4. The van der Waals surface area contributed by atoms with Gasteiger partial charge in [0.25, 0.3) is 5.56 Å². The van der Waals surface area contributed by atoms with Crippen molar-refractivity contribution in [2.24, 2.45) is 0 Å². The second-order valence-corrected chi connectivity index (χ2v) is 5.92. The van der Waals surface area contributed by atoms with Crippen LogP contribution in [0.4, 0.5) is 10.1 Å². The highest BCUT2D eigenvalue weighted by atomic mass is 19.1. The number of carbonyl (C=O) groups is 1. The molecule has 2 aromatic carbocycles. The summed E-state index contributed by atoms with van der Waals surface area (Å²) in [6.45, 7) is 1.60. The molecule has 0 aliphatic rings. The van der Waals surface area contributed by atoms with Gasteiger partial charge in [-0.3, -0.25) is 14.2 Å². The van der Waals surface area contributed by atoms with E-state index in [4.69, 9.17) is 5.26 Å². The van der Waals surface area contributed by atoms with Gasteiger partial charge in [0, 0.05) is 11.3 Å². The van der Waals surface area contributed by atoms with Crippen molar-refractivity contribution in [3.8, 4) is 17.5 Å². The van der Waals surface area contributed by atoms with Crippen LogP contribution in [0.25, 0.3) is 11.4 Å². The van der Waals surface area contributed by atoms with Gasteiger partial charge in [0.2, 0.25) is 5.91 Å². The topological polar surface area (TPSA) is 87.8 Å². The van der Waals surface area contributed by atoms with Crippen molar-refractivity contribution < 1.29 is 9.18 Å². The van der Waals surface area contributed by atoms with Crippen LogP contribution >= 0.6 is 0 Å². The van der Waals surface area contributed by atoms with Gasteiger partial charge in [-0.15, -0.1) is 0 Å². The Hall–Kier alpha value is -3.79. The second kappa shape index (κ2) is 7.62. The molecule has 27 heavy (non-hydrogen) atoms. The molecule has 0 saturated heterocycles. The van der Waals surface area contributed by atoms with Gasteiger partial charge in [-0.25, -0.2) is 9.37 Å². The van der Waals surface area contributed by atoms with Crippen molar-refractivity contribution in [2.45, 2.75) is 13.5 Å². The standard InChI is InChI=1S/C20H15FN4O2/c1-13-2-8-17(9-3-13)24-18(26)12-25-19(14-4-6-16(21)7-5-14)23-11-15(10-22)20(25)27/h2-9,11H,12H2,1H3,(H,24,26). The quantitative estimate of drug-likeness (QED) is 0.773. The molecule has 1 aromatic heterocycles. The first-order chi connectivity index (χ1) is 13.0. The molecule has 1 N–H and O–H groups in total. The van der Waals surface area contributed by atoms with E-state index in [1.165, 1.54) is 24.3 Å². The average molecular weight is 362 g/mol. The molecule has 0 bridgehead atoms. The van der Waals surface area contributed by atoms with Gasteiger partial charge in [-0.05, 0) is 43.3 Å². The number of anilines is 1. The number of hydrogen-bond donors (Lipinski definition) is 1. The summed E-state index contributed by atoms with van der Waals surface area (Å²) < 4.78 is 14.3. The van der Waals surface area contributed by atoms with E-state index in [2.05, 4.69) is 10.3 Å². The number of nitriles is 1. The van der Waals surface area contributed by atoms with Crippen molar-refractivity contribution >= 4 is 11.6 Å². The van der Waals surface area contributed by atoms with Gasteiger partial charge >= 0.3 is 0 Å². The Morgan fingerprint density at radius 2 is 1.85 bits per heavy atom. The van der Waals surface area contributed by atoms with Crippen molar-refractivity contribution in [2.75, 3.05) is 5.32 Å². The Balaban J connectivity index is 1.96. The van der Waals surface area contributed by atoms with E-state index in [1.54, 1.807) is 18.2 Å². The fourth-order valence-electron chi connectivity index (χ4n) is 2.53. The molecule has 3 aromatic rings. The van der Waals surface area contributed by atoms with Crippen molar-refractivity contribution in [1.82, 2.24) is 9.55 Å². The third kappa shape index (κ3) is 4.07. The number of aromatic nitrogens is 2. The molecule has 134 valence electrons. The Bertz CT molecular complexity index is 1080. The van der Waals surface area contributed by atoms with Crippen LogP contribution in [0, 0.1) is 24.1 Å². The van der Waals surface area contributed by atoms with Crippen LogP contribution in [0.2, 0.25) is 0 Å². The fourth-order valence-corrected chi connectivity index (χ4v) is 2.53. The molecule has 1 amide bonds. The van der Waals surface area contributed by atoms with Crippen molar-refractivity contribution in [3.63, 3.8) is 0 Å². The molecular formula is C20H15FN4O2. The molecule has 0 atom stereocenters. The summed E-state index contributed by atoms with van der Waals surface area (Å²) >= 11 is 0. The third-order valence-corrected chi connectivity index (χ3v) is 3.91. The lowest BCUT2D eigenvalue weighted by Crippen LogP contribution is -2.31. The zero-order chi connectivity index (χ0) is 19.4. The van der Waals surface area contributed by atoms with Crippen LogP contribution in [-0.2, 0) is 11.3 Å². The normalized spacial score (nSPS) is 10.3. The van der Waals surface area contributed by atoms with Crippen LogP contribution in [0.5, 0.6) is 0 Å². The fraction of sp³-hybridized carbons (Fsp3) is 0.100. The molecule has 0 spiro atoms. The number of aryl methyl sites for hydroxylation is 1. The minimum atomic E-state index is -0.633. The molecular weight excluding hydrogens is 347 g/mol. The number of nitrogens with zero attached hydrogens (tertiary/aromatic N) is 3. The zero-order valence-corrected chi connectivity index (χ0v) is 14.4. The van der Waals surface area contributed by atoms with E-state index in [9.17, 15) is 14.0 Å². The van der Waals surface area contributed by atoms with E-state index < -0.39 is 17.3 Å². The highest BCUT2D eigenvalue weighted by molar-refractivity contribution is 5.90. The summed E-state index contributed by atoms with van der Waals surface area (Å²) in [4.78, 5) is 29.1. The molecule has 7 heteroatoms. The average Bonchev–Trinajstić information content (AvgIpc) is 2.66. The summed E-state index contributed by atoms with van der Waals surface area (Å²) in [6, 6.07) is 14.3. The van der Waals surface area contributed by atoms with Gasteiger partial charge in [-0.2, -0.15) is 5.26 Å². The van der Waals surface area contributed by atoms with Crippen LogP contribution in [0.3, 0.4) is 0 Å². The van der Waals surface area contributed by atoms with Gasteiger partial charge in [0.05, 0.1) is 6.20 Å². The van der Waals surface area contributed by atoms with Gasteiger partial charge in [0.15, 0.2) is 0 Å². The maximum Gasteiger partial charge on any atom is 0.272 e. The van der Waals surface area contributed by atoms with Gasteiger partial charge in [-0.1, -0.05) is 17.7 Å². The molecule has 0 fully saturated rings. The Morgan fingerprint density at radius 1 is 1.19 bits per heavy atom. The smallest absolute Gasteiger partial charge is 0.272 e. The highest BCUT2D eigenvalue weighted by Gasteiger charge is 2.15. The third-order valence-electron chi connectivity index (χ3n) is 3.91. The summed E-state index contributed by atoms with van der Waals surface area (Å²) in [6.07, 6.45) is 1.15. The number of halogens is 1. The maximum absolute atomic E-state index is 13.2. The van der Waals surface area contributed by atoms with E-state index in [0.29, 0.717) is 11.3 Å². The highest BCUT2D eigenvalue weighted by Crippen LogP contribution is 2.17. The van der Waals surface area contributed by atoms with E-state index in [1.807, 2.05) is 19.1 Å². The Kier molecular flexibility index (Phi) is 5.08. The second-order valence-electron chi connectivity index (χ2n) is 5.92. The number of rotatable bonds is 4. The molecule has 0 aliphatic carbocycles. The van der Waals surface area contributed by atoms with E-state index in [-0.39, 0.29) is 17.9 Å². The lowest BCUT2D eigenvalue weighted by atomic mass is 10.2. The largest absolute Gasteiger partial charge is 0.325 e. The molecule has 6 nitrogen and oxygen atoms in total. The van der Waals surface area contributed by atoms with Crippen molar-refractivity contribution in [1.29, 1.82) is 5.26 Å². The summed E-state index contributed by atoms with van der Waals surface area (Å²) in [5, 5.41) is 11.8. The minimum Gasteiger partial charge on any atom is -0.325 e. The minimum absolute atomic E-state index is 0.177. The van der Waals surface area contributed by atoms with Crippen molar-refractivity contribution in [3.05, 3.63) is 82.0 Å². The van der Waals surface area contributed by atoms with Crippen LogP contribution in [-0.4, -0.2) is 15.5 Å². The molecule has 0 unspecified atom stereocenters. The first-order valence-corrected chi connectivity index (χ1v) is 8.10. The molecule has 0 aliphatic heterocycles. The molecule has 0 radical (unpaired) electrons. The molecule has 1 heterocycles. The maximum atomic E-state index is 13.2. The number of benzene rings is 2. The predicted molar refractivity (Wildman–Crippen MR) is 98.4 cm³/mol. The Morgan fingerprint density at radius 3 is 2.48 bits per heavy atom. The molecule has 3 rings (SSSR count). The van der Waals surface area contributed by atoms with E-state index >= 15 is 0 Å². The van der Waals surface area contributed by atoms with Gasteiger partial charge in [0.1, 0.15) is 29.8 Å². The van der Waals surface area contributed by atoms with E-state index in [0.717, 1.165) is 16.3 Å². The molecule has 0 saturated carbocycles. The number of nitrogens with one attached hydrogen (secondary N) is 1. The first kappa shape index (κ1) is 18.0. The Labute approximate surface area is 154 Å². The lowest BCUT2D eigenvalue weighted by molar-refractivity contribution is -0.116. The monoisotopic (exact) mass is 362 g/mol. The first-order valence-electron chi connectivity index (χ1n) is 8.10. The van der Waals surface area contributed by atoms with Crippen LogP contribution in [0.1, 0.15) is 11.1 Å². The lowest BCUT2D eigenvalue weighted by Gasteiger charge is -2.13. The van der Waals surface area contributed by atoms with Crippen LogP contribution in [0.15, 0.2) is 59.5 Å².